The maximum absolute atomic E-state index is 17.1. The summed E-state index contributed by atoms with van der Waals surface area (Å²) in [6, 6.07) is 7.82. The molecule has 1 N–H and O–H groups in total. The predicted octanol–water partition coefficient (Wildman–Crippen LogP) is 6.35. The number of hydrogen-bond donors (Lipinski definition) is 1. The van der Waals surface area contributed by atoms with Gasteiger partial charge in [0.05, 0.1) is 33.5 Å². The number of fused-ring (bicyclic) bond motifs is 3. The highest BCUT2D eigenvalue weighted by Gasteiger charge is 2.50. The Balaban J connectivity index is 1.38. The van der Waals surface area contributed by atoms with Crippen LogP contribution in [-0.4, -0.2) is 87.2 Å². The van der Waals surface area contributed by atoms with Crippen molar-refractivity contribution in [3.8, 4) is 41.4 Å². The molecule has 7 rings (SSSR count). The summed E-state index contributed by atoms with van der Waals surface area (Å²) in [4.78, 5) is 32.9. The van der Waals surface area contributed by atoms with Crippen LogP contribution in [-0.2, 0) is 4.79 Å². The van der Waals surface area contributed by atoms with Crippen LogP contribution in [0.5, 0.6) is 11.8 Å². The molecular weight excluding hydrogens is 664 g/mol. The highest BCUT2D eigenvalue weighted by atomic mass is 19.1. The Morgan fingerprint density at radius 3 is 2.60 bits per heavy atom. The van der Waals surface area contributed by atoms with Crippen LogP contribution < -0.4 is 9.64 Å². The van der Waals surface area contributed by atoms with Crippen LogP contribution in [0.25, 0.3) is 32.9 Å². The molecule has 2 saturated heterocycles. The van der Waals surface area contributed by atoms with Crippen molar-refractivity contribution < 1.29 is 23.4 Å². The number of nitriles is 1. The molecule has 4 heterocycles. The van der Waals surface area contributed by atoms with Crippen molar-refractivity contribution in [1.29, 1.82) is 5.26 Å². The van der Waals surface area contributed by atoms with Gasteiger partial charge in [0, 0.05) is 37.8 Å². The van der Waals surface area contributed by atoms with E-state index in [4.69, 9.17) is 16.1 Å². The van der Waals surface area contributed by atoms with Crippen molar-refractivity contribution in [2.75, 3.05) is 45.2 Å². The van der Waals surface area contributed by atoms with Gasteiger partial charge in [0.1, 0.15) is 35.2 Å². The van der Waals surface area contributed by atoms with Gasteiger partial charge in [0.2, 0.25) is 5.91 Å². The minimum atomic E-state index is -0.827. The molecule has 0 radical (unpaired) electrons. The van der Waals surface area contributed by atoms with E-state index in [-0.39, 0.29) is 62.9 Å². The SMILES string of the molecule is C#Cc1c(F)ccc2cc(O)cc(-c3ncc4c(N(C)CC5(N(C)C(=O)C=C)CCC(C)(C#N)C5)nc(OCC56CCCN5CCC6)nc4c3F)c12. The second-order valence-corrected chi connectivity index (χ2v) is 14.9. The van der Waals surface area contributed by atoms with Crippen molar-refractivity contribution in [1.82, 2.24) is 24.8 Å². The Kier molecular flexibility index (Phi) is 8.78. The number of carbonyl (C=O) groups is 1. The average Bonchev–Trinajstić information content (AvgIpc) is 3.83. The number of hydrogen-bond acceptors (Lipinski definition) is 9. The number of likely N-dealkylation sites (N-methyl/N-ethyl adjacent to an activating group) is 2. The number of aromatic nitrogens is 3. The number of ether oxygens (including phenoxy) is 1. The summed E-state index contributed by atoms with van der Waals surface area (Å²) in [5.41, 5.74) is -1.80. The van der Waals surface area contributed by atoms with E-state index in [0.717, 1.165) is 38.8 Å². The zero-order valence-electron chi connectivity index (χ0n) is 29.7. The molecule has 12 heteroatoms. The van der Waals surface area contributed by atoms with Crippen LogP contribution in [0.15, 0.2) is 43.1 Å². The minimum Gasteiger partial charge on any atom is -0.508 e. The van der Waals surface area contributed by atoms with Gasteiger partial charge >= 0.3 is 6.01 Å². The summed E-state index contributed by atoms with van der Waals surface area (Å²) < 4.78 is 38.4. The van der Waals surface area contributed by atoms with Gasteiger partial charge < -0.3 is 19.6 Å². The Bertz CT molecular complexity index is 2200. The van der Waals surface area contributed by atoms with Gasteiger partial charge in [-0.05, 0) is 94.6 Å². The highest BCUT2D eigenvalue weighted by molar-refractivity contribution is 6.03. The number of aromatic hydroxyl groups is 1. The highest BCUT2D eigenvalue weighted by Crippen LogP contribution is 2.48. The molecule has 268 valence electrons. The number of phenols is 1. The Morgan fingerprint density at radius 1 is 1.17 bits per heavy atom. The van der Waals surface area contributed by atoms with E-state index in [1.807, 2.05) is 11.8 Å². The zero-order chi connectivity index (χ0) is 37.0. The van der Waals surface area contributed by atoms with Gasteiger partial charge in [0.25, 0.3) is 0 Å². The van der Waals surface area contributed by atoms with Crippen molar-refractivity contribution in [2.24, 2.45) is 5.41 Å². The fraction of sp³-hybridized carbons (Fsp3) is 0.425. The number of anilines is 1. The summed E-state index contributed by atoms with van der Waals surface area (Å²) in [7, 11) is 3.51. The van der Waals surface area contributed by atoms with Gasteiger partial charge in [-0.2, -0.15) is 15.2 Å². The van der Waals surface area contributed by atoms with Crippen molar-refractivity contribution in [3.63, 3.8) is 0 Å². The van der Waals surface area contributed by atoms with Gasteiger partial charge in [-0.3, -0.25) is 14.7 Å². The van der Waals surface area contributed by atoms with E-state index in [1.165, 1.54) is 36.5 Å². The Hall–Kier alpha value is -5.33. The van der Waals surface area contributed by atoms with E-state index < -0.39 is 22.6 Å². The number of benzene rings is 2. The van der Waals surface area contributed by atoms with Crippen LogP contribution in [0.2, 0.25) is 0 Å². The summed E-state index contributed by atoms with van der Waals surface area (Å²) in [6.45, 7) is 8.17. The lowest BCUT2D eigenvalue weighted by Crippen LogP contribution is -2.54. The fourth-order valence-electron chi connectivity index (χ4n) is 8.90. The summed E-state index contributed by atoms with van der Waals surface area (Å²) in [5.74, 6) is 0.757. The smallest absolute Gasteiger partial charge is 0.319 e. The molecule has 4 aromatic rings. The second-order valence-electron chi connectivity index (χ2n) is 14.9. The molecule has 3 aliphatic rings. The van der Waals surface area contributed by atoms with E-state index in [9.17, 15) is 19.6 Å². The quantitative estimate of drug-likeness (QED) is 0.157. The molecule has 2 aromatic carbocycles. The Labute approximate surface area is 301 Å². The summed E-state index contributed by atoms with van der Waals surface area (Å²) in [5, 5.41) is 21.6. The lowest BCUT2D eigenvalue weighted by molar-refractivity contribution is -0.130. The third-order valence-electron chi connectivity index (χ3n) is 11.6. The third-order valence-corrected chi connectivity index (χ3v) is 11.6. The van der Waals surface area contributed by atoms with Crippen LogP contribution in [0.1, 0.15) is 57.4 Å². The molecule has 1 aliphatic carbocycles. The molecule has 3 fully saturated rings. The lowest BCUT2D eigenvalue weighted by atomic mass is 9.86. The number of rotatable bonds is 9. The van der Waals surface area contributed by atoms with Crippen LogP contribution >= 0.6 is 0 Å². The second kappa shape index (κ2) is 13.0. The maximum atomic E-state index is 17.1. The van der Waals surface area contributed by atoms with E-state index >= 15 is 4.39 Å². The molecule has 2 unspecified atom stereocenters. The van der Waals surface area contributed by atoms with Crippen molar-refractivity contribution in [3.05, 3.63) is 60.3 Å². The normalized spacial score (nSPS) is 22.2. The topological polar surface area (TPSA) is 119 Å². The third kappa shape index (κ3) is 5.75. The first-order valence-electron chi connectivity index (χ1n) is 17.6. The van der Waals surface area contributed by atoms with Crippen LogP contribution in [0.4, 0.5) is 14.6 Å². The number of amides is 1. The summed E-state index contributed by atoms with van der Waals surface area (Å²) in [6.07, 6.45) is 14.1. The molecule has 2 aliphatic heterocycles. The summed E-state index contributed by atoms with van der Waals surface area (Å²) >= 11 is 0. The molecular formula is C40H41F2N7O3. The molecule has 1 amide bonds. The van der Waals surface area contributed by atoms with Gasteiger partial charge in [-0.25, -0.2) is 8.78 Å². The first kappa shape index (κ1) is 35.1. The first-order chi connectivity index (χ1) is 24.9. The largest absolute Gasteiger partial charge is 0.508 e. The fourth-order valence-corrected chi connectivity index (χ4v) is 8.90. The molecule has 0 spiro atoms. The number of nitrogens with zero attached hydrogens (tertiary/aromatic N) is 7. The standard InChI is InChI=1S/C40H41F2N7O3/c1-6-27-30(41)11-10-25-18-26(50)19-28(32(25)27)34-33(42)35-29(20-44-34)36(46-37(45-35)52-24-39-12-8-16-49(39)17-9-13-39)47(4)23-40(48(5)31(51)7-2)15-14-38(3,21-40)22-43/h1,7,10-11,18-20,50H,2,8-9,12-17,21,23-24H2,3-5H3. The average molecular weight is 706 g/mol. The molecule has 10 nitrogen and oxygen atoms in total. The lowest BCUT2D eigenvalue weighted by Gasteiger charge is -2.42. The van der Waals surface area contributed by atoms with E-state index in [1.54, 1.807) is 19.0 Å². The van der Waals surface area contributed by atoms with Gasteiger partial charge in [-0.15, -0.1) is 6.42 Å². The van der Waals surface area contributed by atoms with Crippen molar-refractivity contribution >= 4 is 33.4 Å². The first-order valence-corrected chi connectivity index (χ1v) is 17.6. The van der Waals surface area contributed by atoms with Crippen LogP contribution in [0, 0.1) is 40.7 Å². The number of halogens is 2. The Morgan fingerprint density at radius 2 is 1.92 bits per heavy atom. The number of pyridine rings is 1. The number of phenolic OH excluding ortho intramolecular Hbond substituents is 1. The minimum absolute atomic E-state index is 0.0208. The van der Waals surface area contributed by atoms with Gasteiger partial charge in [0.15, 0.2) is 5.82 Å². The molecule has 1 saturated carbocycles. The van der Waals surface area contributed by atoms with Crippen LogP contribution in [0.3, 0.4) is 0 Å². The molecule has 0 bridgehead atoms. The molecule has 52 heavy (non-hydrogen) atoms. The maximum Gasteiger partial charge on any atom is 0.319 e. The molecule has 2 aromatic heterocycles. The van der Waals surface area contributed by atoms with Gasteiger partial charge in [-0.1, -0.05) is 18.6 Å². The number of carbonyl (C=O) groups excluding carboxylic acids is 1. The van der Waals surface area contributed by atoms with Crippen molar-refractivity contribution in [2.45, 2.75) is 62.9 Å². The zero-order valence-corrected chi connectivity index (χ0v) is 29.7. The van der Waals surface area contributed by atoms with E-state index in [2.05, 4.69) is 33.4 Å². The molecule has 2 atom stereocenters. The number of terminal acetylenes is 1. The monoisotopic (exact) mass is 705 g/mol. The predicted molar refractivity (Wildman–Crippen MR) is 195 cm³/mol. The van der Waals surface area contributed by atoms with E-state index in [0.29, 0.717) is 37.1 Å².